The molecule has 0 heterocycles. The van der Waals surface area contributed by atoms with Gasteiger partial charge in [-0.3, -0.25) is 0 Å². The van der Waals surface area contributed by atoms with E-state index in [0.29, 0.717) is 23.7 Å². The van der Waals surface area contributed by atoms with Crippen molar-refractivity contribution in [2.24, 2.45) is 0 Å². The van der Waals surface area contributed by atoms with E-state index in [-0.39, 0.29) is 6.61 Å². The first-order valence-electron chi connectivity index (χ1n) is 4.60. The van der Waals surface area contributed by atoms with Gasteiger partial charge in [-0.05, 0) is 17.7 Å². The topological polar surface area (TPSA) is 47.9 Å². The molecule has 0 unspecified atom stereocenters. The Kier molecular flexibility index (Phi) is 4.39. The van der Waals surface area contributed by atoms with E-state index in [9.17, 15) is 5.11 Å². The first-order valence-corrected chi connectivity index (χ1v) is 4.60. The molecule has 0 bridgehead atoms. The number of benzene rings is 1. The minimum atomic E-state index is -0.0862. The van der Waals surface area contributed by atoms with Crippen LogP contribution in [0, 0.1) is 0 Å². The minimum absolute atomic E-state index is 0.0862. The third-order valence-corrected chi connectivity index (χ3v) is 2.10. The minimum Gasteiger partial charge on any atom is -0.493 e. The summed E-state index contributed by atoms with van der Waals surface area (Å²) in [6, 6.07) is 3.67. The summed E-state index contributed by atoms with van der Waals surface area (Å²) in [7, 11) is 4.73. The fraction of sp³-hybridized carbons (Fsp3) is 0.455. The van der Waals surface area contributed by atoms with Crippen LogP contribution in [0.25, 0.3) is 0 Å². The largest absolute Gasteiger partial charge is 0.493 e. The van der Waals surface area contributed by atoms with Crippen LogP contribution in [-0.4, -0.2) is 26.4 Å². The molecule has 0 aliphatic heterocycles. The number of aliphatic hydroxyl groups is 1. The molecule has 1 aromatic carbocycles. The van der Waals surface area contributed by atoms with Gasteiger partial charge < -0.3 is 19.3 Å². The van der Waals surface area contributed by atoms with Crippen LogP contribution in [0.4, 0.5) is 0 Å². The molecule has 15 heavy (non-hydrogen) atoms. The summed E-state index contributed by atoms with van der Waals surface area (Å²) in [5.41, 5.74) is 1.64. The summed E-state index contributed by atoms with van der Waals surface area (Å²) < 4.78 is 15.4. The van der Waals surface area contributed by atoms with Crippen molar-refractivity contribution in [2.45, 2.75) is 13.2 Å². The Bertz CT molecular complexity index is 297. The van der Waals surface area contributed by atoms with Crippen LogP contribution < -0.4 is 9.47 Å². The lowest BCUT2D eigenvalue weighted by Crippen LogP contribution is -1.99. The second-order valence-electron chi connectivity index (χ2n) is 3.08. The van der Waals surface area contributed by atoms with E-state index < -0.39 is 0 Å². The lowest BCUT2D eigenvalue weighted by Gasteiger charge is -2.13. The zero-order valence-electron chi connectivity index (χ0n) is 9.24. The molecule has 1 N–H and O–H groups in total. The molecule has 4 heteroatoms. The normalized spacial score (nSPS) is 10.1. The van der Waals surface area contributed by atoms with Crippen LogP contribution in [0.3, 0.4) is 0 Å². The van der Waals surface area contributed by atoms with Crippen molar-refractivity contribution >= 4 is 0 Å². The van der Waals surface area contributed by atoms with Crippen LogP contribution in [0.2, 0.25) is 0 Å². The Morgan fingerprint density at radius 2 is 1.87 bits per heavy atom. The van der Waals surface area contributed by atoms with E-state index >= 15 is 0 Å². The Labute approximate surface area is 89.4 Å². The van der Waals surface area contributed by atoms with Crippen LogP contribution >= 0.6 is 0 Å². The molecule has 0 spiro atoms. The van der Waals surface area contributed by atoms with E-state index in [4.69, 9.17) is 14.2 Å². The first-order chi connectivity index (χ1) is 7.26. The molecule has 0 aliphatic rings. The lowest BCUT2D eigenvalue weighted by molar-refractivity contribution is 0.184. The quantitative estimate of drug-likeness (QED) is 0.800. The van der Waals surface area contributed by atoms with Gasteiger partial charge in [0.2, 0.25) is 0 Å². The molecular formula is C11H16O4. The highest BCUT2D eigenvalue weighted by Gasteiger charge is 2.11. The van der Waals surface area contributed by atoms with Gasteiger partial charge in [0.15, 0.2) is 11.5 Å². The highest BCUT2D eigenvalue weighted by atomic mass is 16.5. The first kappa shape index (κ1) is 11.8. The van der Waals surface area contributed by atoms with E-state index in [0.717, 1.165) is 5.56 Å². The molecular weight excluding hydrogens is 196 g/mol. The van der Waals surface area contributed by atoms with Crippen molar-refractivity contribution < 1.29 is 19.3 Å². The second-order valence-corrected chi connectivity index (χ2v) is 3.08. The van der Waals surface area contributed by atoms with Gasteiger partial charge in [0.1, 0.15) is 0 Å². The third kappa shape index (κ3) is 2.61. The van der Waals surface area contributed by atoms with E-state index in [1.54, 1.807) is 21.3 Å². The van der Waals surface area contributed by atoms with Crippen molar-refractivity contribution in [3.8, 4) is 11.5 Å². The second kappa shape index (κ2) is 5.58. The van der Waals surface area contributed by atoms with Crippen LogP contribution in [0.15, 0.2) is 12.1 Å². The number of ether oxygens (including phenoxy) is 3. The van der Waals surface area contributed by atoms with Gasteiger partial charge in [-0.2, -0.15) is 0 Å². The Balaban J connectivity index is 3.16. The third-order valence-electron chi connectivity index (χ3n) is 2.10. The molecule has 0 amide bonds. The molecule has 84 valence electrons. The van der Waals surface area contributed by atoms with Crippen molar-refractivity contribution in [2.75, 3.05) is 21.3 Å². The van der Waals surface area contributed by atoms with Crippen molar-refractivity contribution in [3.05, 3.63) is 23.3 Å². The number of hydrogen-bond acceptors (Lipinski definition) is 4. The fourth-order valence-electron chi connectivity index (χ4n) is 1.47. The van der Waals surface area contributed by atoms with Gasteiger partial charge >= 0.3 is 0 Å². The van der Waals surface area contributed by atoms with Crippen molar-refractivity contribution in [1.82, 2.24) is 0 Å². The van der Waals surface area contributed by atoms with Crippen molar-refractivity contribution in [1.29, 1.82) is 0 Å². The Morgan fingerprint density at radius 1 is 1.13 bits per heavy atom. The molecule has 0 saturated heterocycles. The monoisotopic (exact) mass is 212 g/mol. The molecule has 1 rings (SSSR count). The number of hydrogen-bond donors (Lipinski definition) is 1. The van der Waals surface area contributed by atoms with Gasteiger partial charge in [0.25, 0.3) is 0 Å². The lowest BCUT2D eigenvalue weighted by atomic mass is 10.1. The predicted molar refractivity (Wildman–Crippen MR) is 56.2 cm³/mol. The highest BCUT2D eigenvalue weighted by molar-refractivity contribution is 5.49. The summed E-state index contributed by atoms with van der Waals surface area (Å²) >= 11 is 0. The van der Waals surface area contributed by atoms with Crippen LogP contribution in [-0.2, 0) is 18.0 Å². The molecule has 4 nitrogen and oxygen atoms in total. The van der Waals surface area contributed by atoms with Gasteiger partial charge in [0, 0.05) is 12.7 Å². The van der Waals surface area contributed by atoms with E-state index in [1.807, 2.05) is 12.1 Å². The summed E-state index contributed by atoms with van der Waals surface area (Å²) in [4.78, 5) is 0. The maximum Gasteiger partial charge on any atom is 0.166 e. The molecule has 0 aliphatic carbocycles. The molecule has 1 aromatic rings. The van der Waals surface area contributed by atoms with Crippen LogP contribution in [0.1, 0.15) is 11.1 Å². The molecule has 0 fully saturated rings. The molecule has 0 atom stereocenters. The predicted octanol–water partition coefficient (Wildman–Crippen LogP) is 1.34. The zero-order valence-corrected chi connectivity index (χ0v) is 9.24. The average Bonchev–Trinajstić information content (AvgIpc) is 2.28. The highest BCUT2D eigenvalue weighted by Crippen LogP contribution is 2.32. The van der Waals surface area contributed by atoms with Gasteiger partial charge in [-0.25, -0.2) is 0 Å². The Morgan fingerprint density at radius 3 is 2.33 bits per heavy atom. The maximum atomic E-state index is 9.19. The maximum absolute atomic E-state index is 9.19. The summed E-state index contributed by atoms with van der Waals surface area (Å²) in [5.74, 6) is 1.18. The van der Waals surface area contributed by atoms with Crippen LogP contribution in [0.5, 0.6) is 11.5 Å². The number of rotatable bonds is 5. The number of aliphatic hydroxyl groups excluding tert-OH is 1. The Hall–Kier alpha value is -1.26. The van der Waals surface area contributed by atoms with E-state index in [2.05, 4.69) is 0 Å². The summed E-state index contributed by atoms with van der Waals surface area (Å²) in [6.45, 7) is 0.393. The van der Waals surface area contributed by atoms with Gasteiger partial charge in [-0.1, -0.05) is 0 Å². The molecule has 0 aromatic heterocycles. The zero-order chi connectivity index (χ0) is 11.3. The molecule has 0 radical (unpaired) electrons. The molecule has 0 saturated carbocycles. The van der Waals surface area contributed by atoms with Gasteiger partial charge in [0.05, 0.1) is 27.4 Å². The number of methoxy groups -OCH3 is 3. The smallest absolute Gasteiger partial charge is 0.166 e. The summed E-state index contributed by atoms with van der Waals surface area (Å²) in [5, 5.41) is 9.19. The van der Waals surface area contributed by atoms with E-state index in [1.165, 1.54) is 0 Å². The summed E-state index contributed by atoms with van der Waals surface area (Å²) in [6.07, 6.45) is 0. The fourth-order valence-corrected chi connectivity index (χ4v) is 1.47. The SMILES string of the molecule is COCc1cc(CO)c(OC)c(OC)c1. The standard InChI is InChI=1S/C11H16O4/c1-13-7-8-4-9(6-12)11(15-3)10(5-8)14-2/h4-5,12H,6-7H2,1-3H3. The van der Waals surface area contributed by atoms with Crippen molar-refractivity contribution in [3.63, 3.8) is 0 Å². The van der Waals surface area contributed by atoms with Gasteiger partial charge in [-0.15, -0.1) is 0 Å². The average molecular weight is 212 g/mol.